The van der Waals surface area contributed by atoms with E-state index in [1.807, 2.05) is 13.0 Å². The highest BCUT2D eigenvalue weighted by Gasteiger charge is 2.21. The van der Waals surface area contributed by atoms with E-state index in [0.717, 1.165) is 5.56 Å². The molecule has 2 aromatic heterocycles. The zero-order chi connectivity index (χ0) is 18.0. The van der Waals surface area contributed by atoms with Crippen molar-refractivity contribution in [3.05, 3.63) is 71.0 Å². The van der Waals surface area contributed by atoms with E-state index in [1.54, 1.807) is 42.7 Å². The van der Waals surface area contributed by atoms with Gasteiger partial charge >= 0.3 is 0 Å². The lowest BCUT2D eigenvalue weighted by Gasteiger charge is -2.12. The molecule has 2 heterocycles. The first-order chi connectivity index (χ1) is 11.9. The number of halogens is 1. The minimum atomic E-state index is -3.90. The van der Waals surface area contributed by atoms with Crippen molar-refractivity contribution < 1.29 is 8.42 Å². The van der Waals surface area contributed by atoms with Crippen LogP contribution >= 0.6 is 11.6 Å². The van der Waals surface area contributed by atoms with E-state index in [-0.39, 0.29) is 5.03 Å². The van der Waals surface area contributed by atoms with Crippen LogP contribution in [0.25, 0.3) is 5.82 Å². The Morgan fingerprint density at radius 2 is 2.04 bits per heavy atom. The fourth-order valence-electron chi connectivity index (χ4n) is 2.32. The van der Waals surface area contributed by atoms with Gasteiger partial charge in [0.1, 0.15) is 0 Å². The number of hydrogen-bond donors (Lipinski definition) is 1. The molecule has 0 fully saturated rings. The van der Waals surface area contributed by atoms with Crippen molar-refractivity contribution in [2.45, 2.75) is 11.9 Å². The molecule has 3 aromatic rings. The molecule has 0 saturated carbocycles. The van der Waals surface area contributed by atoms with Crippen LogP contribution in [0.5, 0.6) is 0 Å². The van der Waals surface area contributed by atoms with Crippen molar-refractivity contribution in [3.8, 4) is 11.9 Å². The standard InChI is InChI=1S/C17H13ClN4O2S/c1-12-8-15(18)17(20-11-12)22-7-3-6-16(22)25(23,24)21-14-5-2-4-13(9-14)10-19/h2-9,11,21H,1H3. The summed E-state index contributed by atoms with van der Waals surface area (Å²) in [6.45, 7) is 1.85. The molecule has 0 saturated heterocycles. The number of pyridine rings is 1. The number of aryl methyl sites for hydroxylation is 1. The number of sulfonamides is 1. The van der Waals surface area contributed by atoms with E-state index < -0.39 is 10.0 Å². The topological polar surface area (TPSA) is 87.8 Å². The molecule has 0 amide bonds. The summed E-state index contributed by atoms with van der Waals surface area (Å²) in [7, 11) is -3.90. The van der Waals surface area contributed by atoms with Gasteiger partial charge in [-0.2, -0.15) is 13.7 Å². The van der Waals surface area contributed by atoms with Crippen LogP contribution in [-0.2, 0) is 10.0 Å². The Hall–Kier alpha value is -2.82. The highest BCUT2D eigenvalue weighted by molar-refractivity contribution is 7.92. The molecule has 1 aromatic carbocycles. The van der Waals surface area contributed by atoms with E-state index >= 15 is 0 Å². The van der Waals surface area contributed by atoms with E-state index in [2.05, 4.69) is 9.71 Å². The lowest BCUT2D eigenvalue weighted by Crippen LogP contribution is -2.17. The number of benzene rings is 1. The molecule has 0 aliphatic carbocycles. The summed E-state index contributed by atoms with van der Waals surface area (Å²) in [5.74, 6) is 0.323. The molecule has 1 N–H and O–H groups in total. The van der Waals surface area contributed by atoms with Gasteiger partial charge in [0.15, 0.2) is 10.8 Å². The summed E-state index contributed by atoms with van der Waals surface area (Å²) in [5, 5.41) is 9.28. The van der Waals surface area contributed by atoms with Gasteiger partial charge in [-0.25, -0.2) is 4.98 Å². The van der Waals surface area contributed by atoms with Gasteiger partial charge in [-0.15, -0.1) is 0 Å². The van der Waals surface area contributed by atoms with Crippen LogP contribution in [0.2, 0.25) is 5.02 Å². The first-order valence-electron chi connectivity index (χ1n) is 7.23. The van der Waals surface area contributed by atoms with Crippen molar-refractivity contribution in [1.29, 1.82) is 5.26 Å². The van der Waals surface area contributed by atoms with Crippen LogP contribution in [0.4, 0.5) is 5.69 Å². The molecule has 0 atom stereocenters. The predicted molar refractivity (Wildman–Crippen MR) is 95.3 cm³/mol. The van der Waals surface area contributed by atoms with Gasteiger partial charge in [0.25, 0.3) is 10.0 Å². The summed E-state index contributed by atoms with van der Waals surface area (Å²) in [5.41, 5.74) is 1.53. The molecule has 0 aliphatic heterocycles. The van der Waals surface area contributed by atoms with E-state index in [1.165, 1.54) is 16.7 Å². The fourth-order valence-corrected chi connectivity index (χ4v) is 3.84. The number of rotatable bonds is 4. The van der Waals surface area contributed by atoms with Crippen LogP contribution in [0.3, 0.4) is 0 Å². The average Bonchev–Trinajstić information content (AvgIpc) is 3.05. The van der Waals surface area contributed by atoms with E-state index in [4.69, 9.17) is 16.9 Å². The van der Waals surface area contributed by atoms with Gasteiger partial charge in [-0.3, -0.25) is 9.29 Å². The maximum absolute atomic E-state index is 12.7. The number of hydrogen-bond acceptors (Lipinski definition) is 4. The molecule has 126 valence electrons. The summed E-state index contributed by atoms with van der Waals surface area (Å²) < 4.78 is 29.4. The fraction of sp³-hybridized carbons (Fsp3) is 0.0588. The quantitative estimate of drug-likeness (QED) is 0.759. The van der Waals surface area contributed by atoms with Crippen molar-refractivity contribution in [2.24, 2.45) is 0 Å². The minimum Gasteiger partial charge on any atom is -0.289 e. The molecular weight excluding hydrogens is 360 g/mol. The lowest BCUT2D eigenvalue weighted by atomic mass is 10.2. The largest absolute Gasteiger partial charge is 0.289 e. The van der Waals surface area contributed by atoms with Crippen LogP contribution in [0, 0.1) is 18.3 Å². The Balaban J connectivity index is 2.02. The molecule has 0 radical (unpaired) electrons. The molecule has 0 aliphatic rings. The number of nitrogens with one attached hydrogen (secondary N) is 1. The van der Waals surface area contributed by atoms with Gasteiger partial charge in [-0.05, 0) is 48.9 Å². The van der Waals surface area contributed by atoms with Crippen molar-refractivity contribution in [2.75, 3.05) is 4.72 Å². The Kier molecular flexibility index (Phi) is 4.49. The summed E-state index contributed by atoms with van der Waals surface area (Å²) >= 11 is 6.21. The maximum atomic E-state index is 12.7. The summed E-state index contributed by atoms with van der Waals surface area (Å²) in [6.07, 6.45) is 3.19. The Labute approximate surface area is 150 Å². The van der Waals surface area contributed by atoms with Crippen molar-refractivity contribution in [1.82, 2.24) is 9.55 Å². The Morgan fingerprint density at radius 3 is 2.76 bits per heavy atom. The summed E-state index contributed by atoms with van der Waals surface area (Å²) in [6, 6.07) is 13.0. The number of aromatic nitrogens is 2. The second-order valence-corrected chi connectivity index (χ2v) is 7.37. The Bertz CT molecular complexity index is 1080. The Morgan fingerprint density at radius 1 is 1.24 bits per heavy atom. The minimum absolute atomic E-state index is 0.00638. The zero-order valence-electron chi connectivity index (χ0n) is 13.1. The molecule has 0 bridgehead atoms. The van der Waals surface area contributed by atoms with Crippen LogP contribution < -0.4 is 4.72 Å². The highest BCUT2D eigenvalue weighted by atomic mass is 35.5. The summed E-state index contributed by atoms with van der Waals surface area (Å²) in [4.78, 5) is 4.22. The smallest absolute Gasteiger partial charge is 0.277 e. The molecule has 8 heteroatoms. The molecule has 0 unspecified atom stereocenters. The lowest BCUT2D eigenvalue weighted by molar-refractivity contribution is 0.594. The molecule has 3 rings (SSSR count). The molecule has 25 heavy (non-hydrogen) atoms. The van der Waals surface area contributed by atoms with E-state index in [9.17, 15) is 8.42 Å². The maximum Gasteiger partial charge on any atom is 0.277 e. The third-order valence-electron chi connectivity index (χ3n) is 3.42. The highest BCUT2D eigenvalue weighted by Crippen LogP contribution is 2.24. The molecule has 0 spiro atoms. The SMILES string of the molecule is Cc1cnc(-n2cccc2S(=O)(=O)Nc2cccc(C#N)c2)c(Cl)c1. The van der Waals surface area contributed by atoms with Gasteiger partial charge < -0.3 is 0 Å². The van der Waals surface area contributed by atoms with Gasteiger partial charge in [0.2, 0.25) is 0 Å². The first kappa shape index (κ1) is 17.0. The van der Waals surface area contributed by atoms with Gasteiger partial charge in [0.05, 0.1) is 22.3 Å². The van der Waals surface area contributed by atoms with Gasteiger partial charge in [-0.1, -0.05) is 17.7 Å². The van der Waals surface area contributed by atoms with Crippen LogP contribution in [0.1, 0.15) is 11.1 Å². The van der Waals surface area contributed by atoms with Crippen LogP contribution in [-0.4, -0.2) is 18.0 Å². The monoisotopic (exact) mass is 372 g/mol. The second-order valence-electron chi connectivity index (χ2n) is 5.33. The number of nitrogens with zero attached hydrogens (tertiary/aromatic N) is 3. The second kappa shape index (κ2) is 6.59. The predicted octanol–water partition coefficient (Wildman–Crippen LogP) is 3.51. The van der Waals surface area contributed by atoms with Crippen molar-refractivity contribution >= 4 is 27.3 Å². The first-order valence-corrected chi connectivity index (χ1v) is 9.10. The van der Waals surface area contributed by atoms with Crippen LogP contribution in [0.15, 0.2) is 59.9 Å². The zero-order valence-corrected chi connectivity index (χ0v) is 14.7. The average molecular weight is 373 g/mol. The van der Waals surface area contributed by atoms with Crippen molar-refractivity contribution in [3.63, 3.8) is 0 Å². The molecular formula is C17H13ClN4O2S. The number of nitriles is 1. The third-order valence-corrected chi connectivity index (χ3v) is 5.08. The van der Waals surface area contributed by atoms with E-state index in [0.29, 0.717) is 22.1 Å². The molecule has 6 nitrogen and oxygen atoms in total. The van der Waals surface area contributed by atoms with Gasteiger partial charge in [0, 0.05) is 12.4 Å². The third kappa shape index (κ3) is 3.50. The number of anilines is 1. The normalized spacial score (nSPS) is 11.1.